The number of thiocarbonyl (C=S) groups is 1. The van der Waals surface area contributed by atoms with Gasteiger partial charge in [-0.1, -0.05) is 64.5 Å². The summed E-state index contributed by atoms with van der Waals surface area (Å²) < 4.78 is 0.549. The highest BCUT2D eigenvalue weighted by Crippen LogP contribution is 2.38. The van der Waals surface area contributed by atoms with Gasteiger partial charge in [0.1, 0.15) is 10.6 Å². The van der Waals surface area contributed by atoms with E-state index in [9.17, 15) is 19.7 Å². The second-order valence-corrected chi connectivity index (χ2v) is 12.8. The quantitative estimate of drug-likeness (QED) is 0.0687. The summed E-state index contributed by atoms with van der Waals surface area (Å²) in [6.07, 6.45) is 1.31. The number of anilines is 2. The van der Waals surface area contributed by atoms with Gasteiger partial charge in [-0.15, -0.1) is 10.2 Å². The third-order valence-corrected chi connectivity index (χ3v) is 9.41. The van der Waals surface area contributed by atoms with E-state index in [-0.39, 0.29) is 21.9 Å². The lowest BCUT2D eigenvalue weighted by Gasteiger charge is -2.36. The number of benzene rings is 3. The van der Waals surface area contributed by atoms with Crippen LogP contribution in [0.2, 0.25) is 10.0 Å². The average molecular weight is 657 g/mol. The molecule has 0 saturated carbocycles. The lowest BCUT2D eigenvalue weighted by atomic mass is 10.0. The number of halogens is 2. The third-order valence-electron chi connectivity index (χ3n) is 6.27. The second-order valence-electron chi connectivity index (χ2n) is 9.16. The molecular formula is C28H19Cl2N5O4S3. The van der Waals surface area contributed by atoms with Gasteiger partial charge < -0.3 is 0 Å². The number of nitro benzene ring substituents is 1. The van der Waals surface area contributed by atoms with Gasteiger partial charge in [0.2, 0.25) is 0 Å². The molecule has 0 bridgehead atoms. The van der Waals surface area contributed by atoms with Crippen molar-refractivity contribution in [3.63, 3.8) is 0 Å². The molecule has 2 heterocycles. The number of carbonyl (C=O) groups excluding carboxylic acids is 2. The molecule has 212 valence electrons. The van der Waals surface area contributed by atoms with E-state index in [1.54, 1.807) is 55.5 Å². The Kier molecular flexibility index (Phi) is 8.44. The predicted molar refractivity (Wildman–Crippen MR) is 170 cm³/mol. The highest BCUT2D eigenvalue weighted by Gasteiger charge is 2.41. The van der Waals surface area contributed by atoms with Crippen LogP contribution in [0.5, 0.6) is 0 Å². The zero-order valence-electron chi connectivity index (χ0n) is 22.1. The van der Waals surface area contributed by atoms with Crippen LogP contribution >= 0.6 is 58.5 Å². The number of aryl methyl sites for hydroxylation is 3. The number of nitro groups is 1. The first-order chi connectivity index (χ1) is 19.9. The van der Waals surface area contributed by atoms with E-state index in [4.69, 9.17) is 35.4 Å². The van der Waals surface area contributed by atoms with Crippen LogP contribution in [-0.4, -0.2) is 32.0 Å². The summed E-state index contributed by atoms with van der Waals surface area (Å²) in [4.78, 5) is 41.9. The number of nitrogens with zero attached hydrogens (tertiary/aromatic N) is 5. The Bertz CT molecular complexity index is 1770. The van der Waals surface area contributed by atoms with E-state index in [1.165, 1.54) is 33.3 Å². The van der Waals surface area contributed by atoms with Crippen molar-refractivity contribution >= 4 is 98.6 Å². The highest BCUT2D eigenvalue weighted by molar-refractivity contribution is 8.01. The minimum absolute atomic E-state index is 0.0907. The number of aromatic nitrogens is 2. The van der Waals surface area contributed by atoms with Crippen molar-refractivity contribution in [2.24, 2.45) is 0 Å². The minimum atomic E-state index is -0.704. The lowest BCUT2D eigenvalue weighted by molar-refractivity contribution is -0.387. The fraction of sp³-hybridized carbons (Fsp3) is 0.107. The Hall–Kier alpha value is -3.68. The third kappa shape index (κ3) is 5.81. The standard InChI is InChI=1S/C28H19Cl2N5O4S3/c1-14-4-7-18(12-21(14)29)33-25(36)20(26(37)34(28(33)40)19-8-5-15(2)22(30)13-19)10-17-6-9-24(23(11-17)35(38)39)42-27-32-31-16(3)41-27/h4-13H,1-3H3. The largest absolute Gasteiger partial charge is 0.283 e. The summed E-state index contributed by atoms with van der Waals surface area (Å²) in [6, 6.07) is 14.4. The molecule has 5 rings (SSSR count). The maximum absolute atomic E-state index is 13.9. The van der Waals surface area contributed by atoms with Crippen molar-refractivity contribution < 1.29 is 14.5 Å². The molecule has 14 heteroatoms. The first-order valence-corrected chi connectivity index (χ1v) is 15.0. The van der Waals surface area contributed by atoms with Gasteiger partial charge in [-0.2, -0.15) is 0 Å². The molecule has 1 saturated heterocycles. The van der Waals surface area contributed by atoms with Gasteiger partial charge >= 0.3 is 0 Å². The fourth-order valence-corrected chi connectivity index (χ4v) is 6.64. The molecule has 0 atom stereocenters. The predicted octanol–water partition coefficient (Wildman–Crippen LogP) is 7.58. The number of amides is 2. The van der Waals surface area contributed by atoms with Gasteiger partial charge in [0, 0.05) is 16.1 Å². The first kappa shape index (κ1) is 29.8. The molecule has 0 unspecified atom stereocenters. The van der Waals surface area contributed by atoms with Gasteiger partial charge in [-0.25, -0.2) is 0 Å². The second kappa shape index (κ2) is 11.9. The Morgan fingerprint density at radius 3 is 1.95 bits per heavy atom. The number of hydrogen-bond acceptors (Lipinski definition) is 9. The Labute approximate surface area is 263 Å². The molecule has 1 aliphatic heterocycles. The van der Waals surface area contributed by atoms with Crippen molar-refractivity contribution in [3.05, 3.63) is 102 Å². The molecule has 42 heavy (non-hydrogen) atoms. The summed E-state index contributed by atoms with van der Waals surface area (Å²) in [7, 11) is 0. The van der Waals surface area contributed by atoms with Crippen LogP contribution in [0, 0.1) is 30.9 Å². The normalized spacial score (nSPS) is 13.6. The zero-order chi connectivity index (χ0) is 30.3. The van der Waals surface area contributed by atoms with E-state index in [0.717, 1.165) is 27.9 Å². The first-order valence-electron chi connectivity index (χ1n) is 12.2. The maximum Gasteiger partial charge on any atom is 0.283 e. The molecule has 0 N–H and O–H groups in total. The molecule has 3 aromatic carbocycles. The van der Waals surface area contributed by atoms with Crippen LogP contribution in [-0.2, 0) is 9.59 Å². The molecule has 0 aliphatic carbocycles. The van der Waals surface area contributed by atoms with E-state index in [2.05, 4.69) is 10.2 Å². The van der Waals surface area contributed by atoms with Crippen LogP contribution in [0.1, 0.15) is 21.7 Å². The molecule has 0 spiro atoms. The molecule has 0 radical (unpaired) electrons. The monoisotopic (exact) mass is 655 g/mol. The van der Waals surface area contributed by atoms with Crippen LogP contribution in [0.3, 0.4) is 0 Å². The highest BCUT2D eigenvalue weighted by atomic mass is 35.5. The zero-order valence-corrected chi connectivity index (χ0v) is 26.1. The average Bonchev–Trinajstić information content (AvgIpc) is 3.35. The number of carbonyl (C=O) groups is 2. The van der Waals surface area contributed by atoms with E-state index < -0.39 is 16.7 Å². The summed E-state index contributed by atoms with van der Waals surface area (Å²) in [5, 5.41) is 21.4. The SMILES string of the molecule is Cc1nnc(Sc2ccc(C=C3C(=O)N(c4ccc(C)c(Cl)c4)C(=S)N(c4ccc(C)c(Cl)c4)C3=O)cc2[N+](=O)[O-])s1. The molecule has 9 nitrogen and oxygen atoms in total. The van der Waals surface area contributed by atoms with Crippen LogP contribution in [0.15, 0.2) is 69.4 Å². The topological polar surface area (TPSA) is 110 Å². The summed E-state index contributed by atoms with van der Waals surface area (Å²) >= 11 is 20.8. The molecule has 1 aliphatic rings. The Morgan fingerprint density at radius 1 is 0.905 bits per heavy atom. The minimum Gasteiger partial charge on any atom is -0.268 e. The fourth-order valence-electron chi connectivity index (χ4n) is 4.06. The van der Waals surface area contributed by atoms with E-state index in [0.29, 0.717) is 30.7 Å². The maximum atomic E-state index is 13.9. The molecule has 4 aromatic rings. The van der Waals surface area contributed by atoms with Gasteiger partial charge in [-0.3, -0.25) is 29.5 Å². The Balaban J connectivity index is 1.62. The van der Waals surface area contributed by atoms with Crippen molar-refractivity contribution in [1.29, 1.82) is 0 Å². The summed E-state index contributed by atoms with van der Waals surface area (Å²) in [6.45, 7) is 5.43. The van der Waals surface area contributed by atoms with E-state index >= 15 is 0 Å². The number of hydrogen-bond donors (Lipinski definition) is 0. The van der Waals surface area contributed by atoms with E-state index in [1.807, 2.05) is 13.8 Å². The lowest BCUT2D eigenvalue weighted by Crippen LogP contribution is -2.57. The van der Waals surface area contributed by atoms with Crippen molar-refractivity contribution in [2.45, 2.75) is 30.0 Å². The van der Waals surface area contributed by atoms with Crippen LogP contribution in [0.25, 0.3) is 6.08 Å². The smallest absolute Gasteiger partial charge is 0.268 e. The van der Waals surface area contributed by atoms with Gasteiger partial charge in [0.05, 0.1) is 21.2 Å². The number of rotatable bonds is 6. The Morgan fingerprint density at radius 2 is 1.48 bits per heavy atom. The summed E-state index contributed by atoms with van der Waals surface area (Å²) in [5.41, 5.74) is 2.09. The van der Waals surface area contributed by atoms with Gasteiger partial charge in [-0.05, 0) is 86.1 Å². The molecule has 1 fully saturated rings. The van der Waals surface area contributed by atoms with Crippen LogP contribution < -0.4 is 9.80 Å². The summed E-state index contributed by atoms with van der Waals surface area (Å²) in [5.74, 6) is -1.41. The van der Waals surface area contributed by atoms with Crippen molar-refractivity contribution in [1.82, 2.24) is 10.2 Å². The van der Waals surface area contributed by atoms with Crippen LogP contribution in [0.4, 0.5) is 17.1 Å². The van der Waals surface area contributed by atoms with Gasteiger partial charge in [0.25, 0.3) is 17.5 Å². The van der Waals surface area contributed by atoms with Gasteiger partial charge in [0.15, 0.2) is 9.45 Å². The van der Waals surface area contributed by atoms with Crippen molar-refractivity contribution in [2.75, 3.05) is 9.80 Å². The molecular weight excluding hydrogens is 637 g/mol. The molecule has 1 aromatic heterocycles. The van der Waals surface area contributed by atoms with Crippen molar-refractivity contribution in [3.8, 4) is 0 Å². The molecule has 2 amide bonds.